The summed E-state index contributed by atoms with van der Waals surface area (Å²) in [7, 11) is 0. The first kappa shape index (κ1) is 19.4. The first-order valence-electron chi connectivity index (χ1n) is 9.89. The third-order valence-electron chi connectivity index (χ3n) is 5.30. The number of carbonyl (C=O) groups is 2. The van der Waals surface area contributed by atoms with Crippen LogP contribution in [0.25, 0.3) is 10.9 Å². The van der Waals surface area contributed by atoms with Crippen molar-refractivity contribution >= 4 is 22.7 Å². The van der Waals surface area contributed by atoms with Gasteiger partial charge in [-0.1, -0.05) is 26.2 Å². The van der Waals surface area contributed by atoms with Gasteiger partial charge in [-0.15, -0.1) is 0 Å². The van der Waals surface area contributed by atoms with E-state index in [4.69, 9.17) is 0 Å². The number of nitrogens with one attached hydrogen (secondary N) is 2. The molecule has 3 rings (SSSR count). The van der Waals surface area contributed by atoms with E-state index < -0.39 is 0 Å². The minimum atomic E-state index is -0.267. The molecular formula is C21H28FN3O2. The molecule has 0 radical (unpaired) electrons. The van der Waals surface area contributed by atoms with Gasteiger partial charge in [0.1, 0.15) is 5.82 Å². The number of fused-ring (bicyclic) bond motifs is 1. The standard InChI is InChI=1S/C21H28FN3O2/c1-2-3-4-5-9-23-21(27)16-11-20(26)25(14-16)10-8-15-13-24-19-7-6-17(22)12-18(15)19/h6-7,12-13,16,24H,2-5,8-11,14H2,1H3,(H,23,27)/t16-/m1/s1. The summed E-state index contributed by atoms with van der Waals surface area (Å²) in [6.07, 6.45) is 7.25. The van der Waals surface area contributed by atoms with Gasteiger partial charge >= 0.3 is 0 Å². The Hall–Kier alpha value is -2.37. The number of rotatable bonds is 9. The predicted molar refractivity (Wildman–Crippen MR) is 104 cm³/mol. The van der Waals surface area contributed by atoms with Crippen molar-refractivity contribution in [3.8, 4) is 0 Å². The van der Waals surface area contributed by atoms with E-state index in [0.717, 1.165) is 29.3 Å². The summed E-state index contributed by atoms with van der Waals surface area (Å²) in [6.45, 7) is 3.85. The van der Waals surface area contributed by atoms with Gasteiger partial charge in [0.25, 0.3) is 0 Å². The Kier molecular flexibility index (Phi) is 6.48. The number of benzene rings is 1. The minimum absolute atomic E-state index is 0.0171. The van der Waals surface area contributed by atoms with Crippen molar-refractivity contribution in [2.45, 2.75) is 45.4 Å². The number of hydrogen-bond donors (Lipinski definition) is 2. The Morgan fingerprint density at radius 1 is 1.33 bits per heavy atom. The van der Waals surface area contributed by atoms with Crippen molar-refractivity contribution in [1.82, 2.24) is 15.2 Å². The molecule has 146 valence electrons. The Morgan fingerprint density at radius 3 is 3.00 bits per heavy atom. The van der Waals surface area contributed by atoms with Crippen LogP contribution >= 0.6 is 0 Å². The van der Waals surface area contributed by atoms with Crippen molar-refractivity contribution in [2.75, 3.05) is 19.6 Å². The fourth-order valence-electron chi connectivity index (χ4n) is 3.68. The number of halogens is 1. The van der Waals surface area contributed by atoms with Crippen molar-refractivity contribution in [2.24, 2.45) is 5.92 Å². The third kappa shape index (κ3) is 4.87. The lowest BCUT2D eigenvalue weighted by molar-refractivity contribution is -0.129. The van der Waals surface area contributed by atoms with Crippen LogP contribution in [-0.4, -0.2) is 41.3 Å². The van der Waals surface area contributed by atoms with Crippen LogP contribution in [0.1, 0.15) is 44.6 Å². The molecule has 27 heavy (non-hydrogen) atoms. The highest BCUT2D eigenvalue weighted by atomic mass is 19.1. The zero-order valence-electron chi connectivity index (χ0n) is 15.9. The number of nitrogens with zero attached hydrogens (tertiary/aromatic N) is 1. The van der Waals surface area contributed by atoms with E-state index in [9.17, 15) is 14.0 Å². The molecule has 0 unspecified atom stereocenters. The average molecular weight is 373 g/mol. The first-order chi connectivity index (χ1) is 13.1. The van der Waals surface area contributed by atoms with Crippen LogP contribution in [0.5, 0.6) is 0 Å². The largest absolute Gasteiger partial charge is 0.361 e. The monoisotopic (exact) mass is 373 g/mol. The molecule has 5 nitrogen and oxygen atoms in total. The highest BCUT2D eigenvalue weighted by Gasteiger charge is 2.33. The molecule has 2 amide bonds. The SMILES string of the molecule is CCCCCCNC(=O)[C@@H]1CC(=O)N(CCc2c[nH]c3ccc(F)cc23)C1. The van der Waals surface area contributed by atoms with Crippen LogP contribution in [0.15, 0.2) is 24.4 Å². The number of hydrogen-bond acceptors (Lipinski definition) is 2. The fraction of sp³-hybridized carbons (Fsp3) is 0.524. The van der Waals surface area contributed by atoms with Gasteiger partial charge in [0.05, 0.1) is 5.92 Å². The molecule has 0 bridgehead atoms. The highest BCUT2D eigenvalue weighted by Crippen LogP contribution is 2.22. The number of amides is 2. The van der Waals surface area contributed by atoms with Crippen molar-refractivity contribution in [3.05, 3.63) is 35.8 Å². The van der Waals surface area contributed by atoms with Gasteiger partial charge in [-0.2, -0.15) is 0 Å². The molecule has 2 aromatic rings. The van der Waals surface area contributed by atoms with E-state index in [1.54, 1.807) is 11.0 Å². The molecule has 0 saturated carbocycles. The lowest BCUT2D eigenvalue weighted by Gasteiger charge is -2.16. The van der Waals surface area contributed by atoms with E-state index in [0.29, 0.717) is 26.1 Å². The van der Waals surface area contributed by atoms with Gasteiger partial charge in [0, 0.05) is 43.2 Å². The van der Waals surface area contributed by atoms with Gasteiger partial charge in [-0.3, -0.25) is 9.59 Å². The average Bonchev–Trinajstić information content (AvgIpc) is 3.22. The maximum atomic E-state index is 13.5. The second-order valence-electron chi connectivity index (χ2n) is 7.35. The van der Waals surface area contributed by atoms with Gasteiger partial charge in [-0.05, 0) is 36.6 Å². The fourth-order valence-corrected chi connectivity index (χ4v) is 3.68. The Labute approximate surface area is 159 Å². The van der Waals surface area contributed by atoms with Gasteiger partial charge in [0.2, 0.25) is 11.8 Å². The molecule has 6 heteroatoms. The quantitative estimate of drug-likeness (QED) is 0.662. The summed E-state index contributed by atoms with van der Waals surface area (Å²) in [5.74, 6) is -0.524. The zero-order valence-corrected chi connectivity index (χ0v) is 15.9. The molecule has 0 aliphatic carbocycles. The van der Waals surface area contributed by atoms with Crippen LogP contribution < -0.4 is 5.32 Å². The van der Waals surface area contributed by atoms with Crippen molar-refractivity contribution in [3.63, 3.8) is 0 Å². The molecule has 1 aromatic heterocycles. The molecule has 1 atom stereocenters. The molecule has 1 aromatic carbocycles. The first-order valence-corrected chi connectivity index (χ1v) is 9.89. The molecule has 1 aliphatic rings. The van der Waals surface area contributed by atoms with E-state index in [2.05, 4.69) is 17.2 Å². The van der Waals surface area contributed by atoms with Crippen LogP contribution in [0.3, 0.4) is 0 Å². The van der Waals surface area contributed by atoms with Crippen molar-refractivity contribution in [1.29, 1.82) is 0 Å². The van der Waals surface area contributed by atoms with E-state index in [1.165, 1.54) is 25.0 Å². The molecule has 0 spiro atoms. The van der Waals surface area contributed by atoms with Crippen LogP contribution in [0.4, 0.5) is 4.39 Å². The van der Waals surface area contributed by atoms with E-state index in [1.807, 2.05) is 6.20 Å². The maximum absolute atomic E-state index is 13.5. The third-order valence-corrected chi connectivity index (χ3v) is 5.30. The summed E-state index contributed by atoms with van der Waals surface area (Å²) in [6, 6.07) is 4.66. The lowest BCUT2D eigenvalue weighted by Crippen LogP contribution is -2.34. The summed E-state index contributed by atoms with van der Waals surface area (Å²) >= 11 is 0. The molecule has 1 aliphatic heterocycles. The number of unbranched alkanes of at least 4 members (excludes halogenated alkanes) is 3. The number of aromatic amines is 1. The number of aromatic nitrogens is 1. The Morgan fingerprint density at radius 2 is 2.19 bits per heavy atom. The van der Waals surface area contributed by atoms with Gasteiger partial charge in [-0.25, -0.2) is 4.39 Å². The topological polar surface area (TPSA) is 65.2 Å². The summed E-state index contributed by atoms with van der Waals surface area (Å²) in [4.78, 5) is 29.4. The van der Waals surface area contributed by atoms with E-state index >= 15 is 0 Å². The zero-order chi connectivity index (χ0) is 19.2. The van der Waals surface area contributed by atoms with Crippen LogP contribution in [-0.2, 0) is 16.0 Å². The number of carbonyl (C=O) groups excluding carboxylic acids is 2. The molecule has 1 fully saturated rings. The van der Waals surface area contributed by atoms with Crippen LogP contribution in [0.2, 0.25) is 0 Å². The van der Waals surface area contributed by atoms with Gasteiger partial charge < -0.3 is 15.2 Å². The van der Waals surface area contributed by atoms with Crippen molar-refractivity contribution < 1.29 is 14.0 Å². The van der Waals surface area contributed by atoms with Gasteiger partial charge in [0.15, 0.2) is 0 Å². The summed E-state index contributed by atoms with van der Waals surface area (Å²) in [5, 5.41) is 3.81. The maximum Gasteiger partial charge on any atom is 0.225 e. The van der Waals surface area contributed by atoms with E-state index in [-0.39, 0.29) is 30.0 Å². The molecule has 2 N–H and O–H groups in total. The Balaban J connectivity index is 1.49. The van der Waals surface area contributed by atoms with Crippen LogP contribution in [0, 0.1) is 11.7 Å². The molecular weight excluding hydrogens is 345 g/mol. The number of likely N-dealkylation sites (tertiary alicyclic amines) is 1. The minimum Gasteiger partial charge on any atom is -0.361 e. The highest BCUT2D eigenvalue weighted by molar-refractivity contribution is 5.89. The summed E-state index contributed by atoms with van der Waals surface area (Å²) < 4.78 is 13.5. The lowest BCUT2D eigenvalue weighted by atomic mass is 10.1. The summed E-state index contributed by atoms with van der Waals surface area (Å²) in [5.41, 5.74) is 1.88. The number of H-pyrrole nitrogens is 1. The Bertz CT molecular complexity index is 802. The smallest absolute Gasteiger partial charge is 0.225 e. The molecule has 1 saturated heterocycles. The molecule has 2 heterocycles. The predicted octanol–water partition coefficient (Wildman–Crippen LogP) is 3.39. The normalized spacial score (nSPS) is 17.0. The second-order valence-corrected chi connectivity index (χ2v) is 7.35. The second kappa shape index (κ2) is 9.02.